The number of pyridine rings is 1. The highest BCUT2D eigenvalue weighted by molar-refractivity contribution is 7.22. The topological polar surface area (TPSA) is 175 Å². The Morgan fingerprint density at radius 3 is 2.39 bits per heavy atom. The van der Waals surface area contributed by atoms with Crippen molar-refractivity contribution in [1.29, 1.82) is 0 Å². The van der Waals surface area contributed by atoms with Gasteiger partial charge in [-0.05, 0) is 118 Å². The van der Waals surface area contributed by atoms with Crippen molar-refractivity contribution in [1.82, 2.24) is 30.0 Å². The number of alkyl halides is 3. The van der Waals surface area contributed by atoms with Crippen LogP contribution in [0.25, 0.3) is 32.2 Å². The number of aryl methyl sites for hydroxylation is 1. The van der Waals surface area contributed by atoms with Crippen molar-refractivity contribution < 1.29 is 42.2 Å². The molecule has 2 atom stereocenters. The van der Waals surface area contributed by atoms with Crippen LogP contribution in [-0.4, -0.2) is 98.3 Å². The van der Waals surface area contributed by atoms with E-state index < -0.39 is 35.4 Å². The Labute approximate surface area is 441 Å². The summed E-state index contributed by atoms with van der Waals surface area (Å²) in [5.41, 5.74) is 3.62. The Morgan fingerprint density at radius 1 is 0.855 bits per heavy atom. The normalized spacial score (nSPS) is 19.9. The molecule has 0 unspecified atom stereocenters. The lowest BCUT2D eigenvalue weighted by atomic mass is 9.83. The smallest absolute Gasteiger partial charge is 0.420 e. The Morgan fingerprint density at radius 2 is 1.63 bits per heavy atom. The van der Waals surface area contributed by atoms with Crippen LogP contribution in [0.5, 0.6) is 5.75 Å². The van der Waals surface area contributed by atoms with Gasteiger partial charge in [-0.15, -0.1) is 0 Å². The van der Waals surface area contributed by atoms with Crippen LogP contribution in [0.4, 0.5) is 29.8 Å². The van der Waals surface area contributed by atoms with Crippen LogP contribution in [0.2, 0.25) is 0 Å². The minimum Gasteiger partial charge on any atom is -0.490 e. The number of rotatable bonds is 13. The largest absolute Gasteiger partial charge is 0.490 e. The fraction of sp³-hybridized carbons (Fsp3) is 0.386. The zero-order valence-corrected chi connectivity index (χ0v) is 43.1. The molecule has 0 bridgehead atoms. The minimum atomic E-state index is -4.87. The molecule has 19 heteroatoms. The Hall–Kier alpha value is -7.38. The second kappa shape index (κ2) is 21.0. The number of fused-ring (bicyclic) bond motifs is 3. The number of carboxylic acid groups (broad SMARTS) is 1. The summed E-state index contributed by atoms with van der Waals surface area (Å²) >= 11 is 1.37. The monoisotopic (exact) mass is 1050 g/mol. The Bertz CT molecular complexity index is 3350. The van der Waals surface area contributed by atoms with Gasteiger partial charge in [0.05, 0.1) is 39.1 Å². The fourth-order valence-electron chi connectivity index (χ4n) is 11.8. The molecule has 3 aliphatic heterocycles. The number of hydrogen-bond acceptors (Lipinski definition) is 12. The highest BCUT2D eigenvalue weighted by Gasteiger charge is 2.40. The van der Waals surface area contributed by atoms with Gasteiger partial charge in [0.25, 0.3) is 5.91 Å². The third-order valence-corrected chi connectivity index (χ3v) is 16.8. The van der Waals surface area contributed by atoms with Gasteiger partial charge in [-0.3, -0.25) is 34.6 Å². The number of hydrogen-bond donors (Lipinski definition) is 3. The van der Waals surface area contributed by atoms with Crippen molar-refractivity contribution in [2.24, 2.45) is 13.0 Å². The van der Waals surface area contributed by atoms with Crippen LogP contribution in [0.1, 0.15) is 107 Å². The summed E-state index contributed by atoms with van der Waals surface area (Å²) in [7, 11) is 1.90. The second-order valence-electron chi connectivity index (χ2n) is 20.5. The predicted octanol–water partition coefficient (Wildman–Crippen LogP) is 10.2. The SMILES string of the molecule is C[C@H](CCC1CCC(Oc2cccc(-c3ccc(N4CCc5cccc(C(=O)Nc6nc7ccccc7s6)c5C4)nc3C(=O)O)c2C(F)(F)F)CC1)N1CCN(c2cccc3c([C@H]4CCC(=O)NC4=O)nn(C)c23)CC1. The molecule has 3 aromatic heterocycles. The number of carbonyl (C=O) groups excluding carboxylic acids is 3. The Balaban J connectivity index is 0.710. The number of imide groups is 1. The second-order valence-corrected chi connectivity index (χ2v) is 21.5. The van der Waals surface area contributed by atoms with E-state index in [1.54, 1.807) is 12.1 Å². The molecule has 4 aliphatic rings. The molecule has 3 fully saturated rings. The van der Waals surface area contributed by atoms with Crippen LogP contribution in [0, 0.1) is 5.92 Å². The number of carboxylic acids is 1. The molecule has 3 N–H and O–H groups in total. The number of benzene rings is 4. The quantitative estimate of drug-likeness (QED) is 0.0934. The molecule has 1 aliphatic carbocycles. The molecule has 6 heterocycles. The zero-order chi connectivity index (χ0) is 52.8. The highest BCUT2D eigenvalue weighted by Crippen LogP contribution is 2.46. The van der Waals surface area contributed by atoms with Crippen molar-refractivity contribution in [3.8, 4) is 16.9 Å². The van der Waals surface area contributed by atoms with E-state index in [-0.39, 0.29) is 47.0 Å². The molecule has 7 aromatic rings. The fourth-order valence-corrected chi connectivity index (χ4v) is 12.7. The first-order valence-corrected chi connectivity index (χ1v) is 26.9. The number of halogens is 3. The number of amides is 3. The predicted molar refractivity (Wildman–Crippen MR) is 285 cm³/mol. The van der Waals surface area contributed by atoms with E-state index in [4.69, 9.17) is 9.84 Å². The van der Waals surface area contributed by atoms with Gasteiger partial charge in [0.2, 0.25) is 11.8 Å². The van der Waals surface area contributed by atoms with Crippen molar-refractivity contribution in [3.63, 3.8) is 0 Å². The molecule has 2 saturated heterocycles. The van der Waals surface area contributed by atoms with E-state index in [9.17, 15) is 24.3 Å². The number of aromatic nitrogens is 4. The van der Waals surface area contributed by atoms with Crippen molar-refractivity contribution in [3.05, 3.63) is 125 Å². The van der Waals surface area contributed by atoms with Gasteiger partial charge < -0.3 is 19.6 Å². The average molecular weight is 1050 g/mol. The maximum atomic E-state index is 15.2. The van der Waals surface area contributed by atoms with Crippen LogP contribution in [0.15, 0.2) is 91.0 Å². The van der Waals surface area contributed by atoms with Crippen LogP contribution < -0.4 is 25.2 Å². The number of nitrogens with one attached hydrogen (secondary N) is 2. The number of piperidine rings is 1. The summed E-state index contributed by atoms with van der Waals surface area (Å²) in [5, 5.41) is 22.0. The lowest BCUT2D eigenvalue weighted by Crippen LogP contribution is -2.49. The number of nitrogens with zero attached hydrogens (tertiary/aromatic N) is 7. The molecule has 0 radical (unpaired) electrons. The number of para-hydroxylation sites is 2. The summed E-state index contributed by atoms with van der Waals surface area (Å²) in [6.45, 7) is 6.36. The third-order valence-electron chi connectivity index (χ3n) is 15.8. The first kappa shape index (κ1) is 50.8. The maximum absolute atomic E-state index is 15.2. The standard InChI is InChI=1S/C57H58F3N9O6S/c1-33(67-28-30-68(31-29-67)44-13-6-11-40-50(65-66(2)52(40)44)41-23-25-48(70)63-54(41)72)16-17-34-18-20-36(21-19-34)75-45-14-7-9-37(49(45)57(58,59)60)38-22-24-47(62-51(38)55(73)74)69-27-26-35-8-5-10-39(42(35)32-69)53(71)64-56-61-43-12-3-4-15-46(43)76-56/h3-15,22,24,33-34,36,41H,16-21,23,25-32H2,1-2H3,(H,73,74)(H,61,64,71)(H,63,70,72)/t33-,34?,36?,41-/m1/s1. The van der Waals surface area contributed by atoms with Crippen molar-refractivity contribution >= 4 is 72.8 Å². The van der Waals surface area contributed by atoms with Crippen LogP contribution >= 0.6 is 11.3 Å². The number of thiazole rings is 1. The number of aromatic carboxylic acids is 1. The lowest BCUT2D eigenvalue weighted by molar-refractivity contribution is -0.139. The summed E-state index contributed by atoms with van der Waals surface area (Å²) in [4.78, 5) is 66.9. The molecule has 4 aromatic carbocycles. The van der Waals surface area contributed by atoms with Crippen molar-refractivity contribution in [2.45, 2.75) is 95.5 Å². The minimum absolute atomic E-state index is 0.173. The van der Waals surface area contributed by atoms with Gasteiger partial charge >= 0.3 is 12.1 Å². The Kier molecular flexibility index (Phi) is 14.0. The van der Waals surface area contributed by atoms with Crippen LogP contribution in [-0.2, 0) is 35.8 Å². The first-order valence-electron chi connectivity index (χ1n) is 26.1. The van der Waals surface area contributed by atoms with Gasteiger partial charge in [-0.1, -0.05) is 59.9 Å². The molecular weight excluding hydrogens is 996 g/mol. The summed E-state index contributed by atoms with van der Waals surface area (Å²) in [5.74, 6) is -2.47. The number of anilines is 3. The molecule has 3 amide bonds. The maximum Gasteiger partial charge on any atom is 0.420 e. The lowest BCUT2D eigenvalue weighted by Gasteiger charge is -2.40. The molecule has 1 saturated carbocycles. The zero-order valence-electron chi connectivity index (χ0n) is 42.2. The molecule has 11 rings (SSSR count). The first-order chi connectivity index (χ1) is 36.7. The molecule has 394 valence electrons. The third kappa shape index (κ3) is 10.2. The van der Waals surface area contributed by atoms with Gasteiger partial charge in [-0.25, -0.2) is 14.8 Å². The highest BCUT2D eigenvalue weighted by atomic mass is 32.1. The average Bonchev–Trinajstić information content (AvgIpc) is 4.03. The van der Waals surface area contributed by atoms with E-state index in [0.29, 0.717) is 67.0 Å². The molecule has 0 spiro atoms. The van der Waals surface area contributed by atoms with E-state index in [0.717, 1.165) is 89.8 Å². The number of carbonyl (C=O) groups is 4. The van der Waals surface area contributed by atoms with Gasteiger partial charge in [0, 0.05) is 80.9 Å². The van der Waals surface area contributed by atoms with E-state index >= 15 is 13.2 Å². The molecule has 76 heavy (non-hydrogen) atoms. The van der Waals surface area contributed by atoms with Gasteiger partial charge in [-0.2, -0.15) is 18.3 Å². The summed E-state index contributed by atoms with van der Waals surface area (Å²) < 4.78 is 54.7. The van der Waals surface area contributed by atoms with Crippen LogP contribution in [0.3, 0.4) is 0 Å². The van der Waals surface area contributed by atoms with E-state index in [1.165, 1.54) is 35.6 Å². The summed E-state index contributed by atoms with van der Waals surface area (Å²) in [6, 6.07) is 26.5. The number of ether oxygens (including phenoxy) is 1. The number of piperazine rings is 1. The molecular formula is C57H58F3N9O6S. The van der Waals surface area contributed by atoms with Gasteiger partial charge in [0.15, 0.2) is 10.8 Å². The molecule has 15 nitrogen and oxygen atoms in total. The van der Waals surface area contributed by atoms with Crippen molar-refractivity contribution in [2.75, 3.05) is 47.8 Å². The van der Waals surface area contributed by atoms with E-state index in [2.05, 4.69) is 43.4 Å². The summed E-state index contributed by atoms with van der Waals surface area (Å²) in [6.07, 6.45) is 0.818. The van der Waals surface area contributed by atoms with Gasteiger partial charge in [0.1, 0.15) is 17.1 Å². The van der Waals surface area contributed by atoms with E-state index in [1.807, 2.05) is 65.2 Å².